The lowest BCUT2D eigenvalue weighted by Gasteiger charge is -2.22. The van der Waals surface area contributed by atoms with E-state index < -0.39 is 0 Å². The third-order valence-corrected chi connectivity index (χ3v) is 4.89. The molecular weight excluding hydrogens is 232 g/mol. The number of ketones is 1. The lowest BCUT2D eigenvalue weighted by Crippen LogP contribution is -2.41. The van der Waals surface area contributed by atoms with Crippen molar-refractivity contribution in [3.63, 3.8) is 0 Å². The Morgan fingerprint density at radius 2 is 2.24 bits per heavy atom. The van der Waals surface area contributed by atoms with Gasteiger partial charge in [0.15, 0.2) is 5.78 Å². The molecule has 0 aromatic heterocycles. The van der Waals surface area contributed by atoms with Crippen molar-refractivity contribution in [3.8, 4) is 0 Å². The predicted molar refractivity (Wildman–Crippen MR) is 72.8 cm³/mol. The van der Waals surface area contributed by atoms with Crippen molar-refractivity contribution >= 4 is 17.5 Å². The number of Topliss-reactive ketones (excluding diaryl/α,β-unsaturated/α-hetero) is 1. The fourth-order valence-corrected chi connectivity index (χ4v) is 3.34. The number of carbonyl (C=O) groups is 1. The van der Waals surface area contributed by atoms with Crippen LogP contribution in [0.1, 0.15) is 39.5 Å². The Hall–Kier alpha value is -0.480. The Bertz CT molecular complexity index is 319. The lowest BCUT2D eigenvalue weighted by atomic mass is 10.1. The summed E-state index contributed by atoms with van der Waals surface area (Å²) in [5, 5.41) is 3.38. The highest BCUT2D eigenvalue weighted by Gasteiger charge is 2.24. The SMILES string of the molecule is CC1=C(C)N(CC(=O)C2CCCCCN2)CS1. The molecule has 2 heterocycles. The van der Waals surface area contributed by atoms with E-state index in [2.05, 4.69) is 24.1 Å². The summed E-state index contributed by atoms with van der Waals surface area (Å²) in [6, 6.07) is 0.0937. The summed E-state index contributed by atoms with van der Waals surface area (Å²) in [6.07, 6.45) is 4.67. The van der Waals surface area contributed by atoms with Crippen LogP contribution in [0.4, 0.5) is 0 Å². The number of hydrogen-bond acceptors (Lipinski definition) is 4. The van der Waals surface area contributed by atoms with Crippen molar-refractivity contribution in [2.45, 2.75) is 45.6 Å². The zero-order valence-corrected chi connectivity index (χ0v) is 11.6. The largest absolute Gasteiger partial charge is 0.357 e. The minimum atomic E-state index is 0.0937. The molecule has 2 rings (SSSR count). The van der Waals surface area contributed by atoms with Gasteiger partial charge in [-0.05, 0) is 33.2 Å². The molecule has 1 N–H and O–H groups in total. The van der Waals surface area contributed by atoms with E-state index in [1.54, 1.807) is 0 Å². The molecule has 1 saturated heterocycles. The van der Waals surface area contributed by atoms with Crippen molar-refractivity contribution in [2.24, 2.45) is 0 Å². The number of allylic oxidation sites excluding steroid dienone is 2. The summed E-state index contributed by atoms with van der Waals surface area (Å²) in [5.41, 5.74) is 1.27. The molecule has 17 heavy (non-hydrogen) atoms. The summed E-state index contributed by atoms with van der Waals surface area (Å²) in [6.45, 7) is 5.82. The van der Waals surface area contributed by atoms with Gasteiger partial charge in [-0.2, -0.15) is 0 Å². The normalized spacial score (nSPS) is 26.2. The van der Waals surface area contributed by atoms with E-state index in [4.69, 9.17) is 0 Å². The molecule has 96 valence electrons. The van der Waals surface area contributed by atoms with Crippen molar-refractivity contribution in [3.05, 3.63) is 10.6 Å². The van der Waals surface area contributed by atoms with E-state index in [1.807, 2.05) is 11.8 Å². The molecule has 2 aliphatic heterocycles. The van der Waals surface area contributed by atoms with Gasteiger partial charge in [-0.15, -0.1) is 11.8 Å². The van der Waals surface area contributed by atoms with Crippen molar-refractivity contribution in [2.75, 3.05) is 19.0 Å². The topological polar surface area (TPSA) is 32.3 Å². The average molecular weight is 254 g/mol. The van der Waals surface area contributed by atoms with E-state index >= 15 is 0 Å². The highest BCUT2D eigenvalue weighted by molar-refractivity contribution is 8.03. The van der Waals surface area contributed by atoms with E-state index in [0.29, 0.717) is 12.3 Å². The maximum Gasteiger partial charge on any atom is 0.168 e. The van der Waals surface area contributed by atoms with Crippen LogP contribution in [-0.4, -0.2) is 35.7 Å². The van der Waals surface area contributed by atoms with Crippen LogP contribution in [0.15, 0.2) is 10.6 Å². The quantitative estimate of drug-likeness (QED) is 0.838. The number of nitrogens with zero attached hydrogens (tertiary/aromatic N) is 1. The minimum absolute atomic E-state index is 0.0937. The van der Waals surface area contributed by atoms with Crippen LogP contribution in [-0.2, 0) is 4.79 Å². The molecule has 0 aromatic rings. The first-order valence-electron chi connectivity index (χ1n) is 6.50. The first kappa shape index (κ1) is 13.0. The highest BCUT2D eigenvalue weighted by Crippen LogP contribution is 2.30. The smallest absolute Gasteiger partial charge is 0.168 e. The molecule has 0 radical (unpaired) electrons. The second-order valence-electron chi connectivity index (χ2n) is 4.94. The van der Waals surface area contributed by atoms with Gasteiger partial charge in [-0.1, -0.05) is 12.8 Å². The van der Waals surface area contributed by atoms with Gasteiger partial charge in [-0.25, -0.2) is 0 Å². The Balaban J connectivity index is 1.88. The van der Waals surface area contributed by atoms with E-state index in [0.717, 1.165) is 18.8 Å². The Labute approximate surface area is 108 Å². The number of hydrogen-bond donors (Lipinski definition) is 1. The Kier molecular flexibility index (Phi) is 4.51. The Morgan fingerprint density at radius 3 is 2.94 bits per heavy atom. The molecule has 1 atom stereocenters. The molecule has 2 aliphatic rings. The molecule has 0 aromatic carbocycles. The van der Waals surface area contributed by atoms with E-state index in [-0.39, 0.29) is 6.04 Å². The third kappa shape index (κ3) is 3.26. The van der Waals surface area contributed by atoms with Crippen LogP contribution in [0, 0.1) is 0 Å². The van der Waals surface area contributed by atoms with Crippen LogP contribution < -0.4 is 5.32 Å². The summed E-state index contributed by atoms with van der Waals surface area (Å²) in [5.74, 6) is 1.30. The second-order valence-corrected chi connectivity index (χ2v) is 6.09. The molecule has 0 spiro atoms. The second kappa shape index (κ2) is 5.91. The van der Waals surface area contributed by atoms with Crippen LogP contribution in [0.5, 0.6) is 0 Å². The molecule has 0 amide bonds. The van der Waals surface area contributed by atoms with Crippen LogP contribution >= 0.6 is 11.8 Å². The van der Waals surface area contributed by atoms with Gasteiger partial charge in [-0.3, -0.25) is 4.79 Å². The van der Waals surface area contributed by atoms with Gasteiger partial charge < -0.3 is 10.2 Å². The number of nitrogens with one attached hydrogen (secondary N) is 1. The predicted octanol–water partition coefficient (Wildman–Crippen LogP) is 2.35. The number of rotatable bonds is 3. The van der Waals surface area contributed by atoms with Crippen molar-refractivity contribution in [1.29, 1.82) is 0 Å². The standard InChI is InChI=1S/C13H22N2OS/c1-10-11(2)17-9-15(10)8-13(16)12-6-4-3-5-7-14-12/h12,14H,3-9H2,1-2H3. The van der Waals surface area contributed by atoms with Gasteiger partial charge in [0.2, 0.25) is 0 Å². The van der Waals surface area contributed by atoms with Crippen molar-refractivity contribution < 1.29 is 4.79 Å². The fraction of sp³-hybridized carbons (Fsp3) is 0.769. The van der Waals surface area contributed by atoms with Gasteiger partial charge in [0.1, 0.15) is 0 Å². The van der Waals surface area contributed by atoms with Crippen molar-refractivity contribution in [1.82, 2.24) is 10.2 Å². The maximum absolute atomic E-state index is 12.2. The summed E-state index contributed by atoms with van der Waals surface area (Å²) in [7, 11) is 0. The molecule has 3 nitrogen and oxygen atoms in total. The highest BCUT2D eigenvalue weighted by atomic mass is 32.2. The molecule has 1 fully saturated rings. The van der Waals surface area contributed by atoms with E-state index in [9.17, 15) is 4.79 Å². The average Bonchev–Trinajstić information content (AvgIpc) is 2.59. The molecule has 0 aliphatic carbocycles. The zero-order valence-electron chi connectivity index (χ0n) is 10.8. The number of thioether (sulfide) groups is 1. The summed E-state index contributed by atoms with van der Waals surface area (Å²) >= 11 is 1.84. The molecule has 0 bridgehead atoms. The fourth-order valence-electron chi connectivity index (χ4n) is 2.36. The monoisotopic (exact) mass is 254 g/mol. The summed E-state index contributed by atoms with van der Waals surface area (Å²) in [4.78, 5) is 15.8. The van der Waals surface area contributed by atoms with Crippen LogP contribution in [0.3, 0.4) is 0 Å². The Morgan fingerprint density at radius 1 is 1.41 bits per heavy atom. The lowest BCUT2D eigenvalue weighted by molar-refractivity contribution is -0.121. The molecular formula is C13H22N2OS. The number of carbonyl (C=O) groups excluding carboxylic acids is 1. The van der Waals surface area contributed by atoms with Crippen LogP contribution in [0.2, 0.25) is 0 Å². The molecule has 0 saturated carbocycles. The third-order valence-electron chi connectivity index (χ3n) is 3.72. The maximum atomic E-state index is 12.2. The van der Waals surface area contributed by atoms with Gasteiger partial charge in [0.05, 0.1) is 18.5 Å². The van der Waals surface area contributed by atoms with Crippen LogP contribution in [0.25, 0.3) is 0 Å². The molecule has 1 unspecified atom stereocenters. The van der Waals surface area contributed by atoms with E-state index in [1.165, 1.54) is 29.9 Å². The molecule has 4 heteroatoms. The first-order chi connectivity index (χ1) is 8.18. The zero-order chi connectivity index (χ0) is 12.3. The minimum Gasteiger partial charge on any atom is -0.357 e. The van der Waals surface area contributed by atoms with Gasteiger partial charge in [0, 0.05) is 10.6 Å². The van der Waals surface area contributed by atoms with Gasteiger partial charge >= 0.3 is 0 Å². The summed E-state index contributed by atoms with van der Waals surface area (Å²) < 4.78 is 0. The first-order valence-corrected chi connectivity index (χ1v) is 7.48. The van der Waals surface area contributed by atoms with Gasteiger partial charge in [0.25, 0.3) is 0 Å².